The van der Waals surface area contributed by atoms with Gasteiger partial charge in [0.2, 0.25) is 17.7 Å². The van der Waals surface area contributed by atoms with Gasteiger partial charge >= 0.3 is 5.97 Å². The van der Waals surface area contributed by atoms with E-state index in [1.807, 2.05) is 17.0 Å². The van der Waals surface area contributed by atoms with Crippen LogP contribution in [0.25, 0.3) is 10.9 Å². The molecule has 1 aromatic heterocycles. The first kappa shape index (κ1) is 38.5. The zero-order chi connectivity index (χ0) is 39.2. The molecule has 3 fully saturated rings. The molecule has 1 aliphatic carbocycles. The van der Waals surface area contributed by atoms with Crippen molar-refractivity contribution in [3.05, 3.63) is 78.7 Å². The SMILES string of the molecule is COc1cc2c(Oc3ccc(NC(=O)C4(C(=O)Nc5ccc(F)cc5)CC4)cc3)ccnc2cc1N1CCC(N2CCN(C(=O)CCCCC(=O)O)CC2)CC1. The second-order valence-electron chi connectivity index (χ2n) is 14.7. The topological polar surface area (TPSA) is 154 Å². The van der Waals surface area contributed by atoms with Crippen LogP contribution in [0.4, 0.5) is 21.5 Å². The van der Waals surface area contributed by atoms with Crippen LogP contribution in [0.3, 0.4) is 0 Å². The minimum absolute atomic E-state index is 0.104. The van der Waals surface area contributed by atoms with E-state index in [0.29, 0.717) is 74.1 Å². The van der Waals surface area contributed by atoms with Crippen molar-refractivity contribution < 1.29 is 38.1 Å². The van der Waals surface area contributed by atoms with Gasteiger partial charge in [0.05, 0.1) is 18.3 Å². The van der Waals surface area contributed by atoms with Crippen molar-refractivity contribution >= 4 is 51.7 Å². The van der Waals surface area contributed by atoms with Crippen LogP contribution in [0.5, 0.6) is 17.2 Å². The van der Waals surface area contributed by atoms with Gasteiger partial charge in [0, 0.05) is 81.1 Å². The summed E-state index contributed by atoms with van der Waals surface area (Å²) in [6.07, 6.45) is 6.18. The molecule has 13 nitrogen and oxygen atoms in total. The highest BCUT2D eigenvalue weighted by molar-refractivity contribution is 6.16. The second kappa shape index (κ2) is 16.9. The van der Waals surface area contributed by atoms with E-state index in [0.717, 1.165) is 61.4 Å². The van der Waals surface area contributed by atoms with Gasteiger partial charge in [0.25, 0.3) is 0 Å². The van der Waals surface area contributed by atoms with E-state index in [1.165, 1.54) is 24.3 Å². The molecule has 2 aliphatic heterocycles. The van der Waals surface area contributed by atoms with Crippen LogP contribution in [0.1, 0.15) is 51.4 Å². The Morgan fingerprint density at radius 1 is 0.821 bits per heavy atom. The van der Waals surface area contributed by atoms with E-state index in [4.69, 9.17) is 14.6 Å². The molecule has 1 saturated carbocycles. The number of nitrogens with zero attached hydrogens (tertiary/aromatic N) is 4. The predicted molar refractivity (Wildman–Crippen MR) is 210 cm³/mol. The zero-order valence-corrected chi connectivity index (χ0v) is 31.5. The van der Waals surface area contributed by atoms with Crippen molar-refractivity contribution in [3.63, 3.8) is 0 Å². The largest absolute Gasteiger partial charge is 0.495 e. The van der Waals surface area contributed by atoms with Crippen LogP contribution < -0.4 is 25.0 Å². The number of nitrogens with one attached hydrogen (secondary N) is 2. The Hall–Kier alpha value is -5.76. The number of rotatable bonds is 14. The molecule has 3 heterocycles. The summed E-state index contributed by atoms with van der Waals surface area (Å²) >= 11 is 0. The quantitative estimate of drug-likeness (QED) is 0.0986. The molecule has 3 aromatic carbocycles. The summed E-state index contributed by atoms with van der Waals surface area (Å²) in [5.41, 5.74) is 1.53. The first-order valence-electron chi connectivity index (χ1n) is 19.2. The predicted octanol–water partition coefficient (Wildman–Crippen LogP) is 6.29. The number of benzene rings is 3. The molecule has 0 atom stereocenters. The maximum Gasteiger partial charge on any atom is 0.303 e. The molecule has 14 heteroatoms. The van der Waals surface area contributed by atoms with Gasteiger partial charge in [-0.05, 0) is 105 Å². The van der Waals surface area contributed by atoms with Gasteiger partial charge in [-0.3, -0.25) is 29.1 Å². The van der Waals surface area contributed by atoms with E-state index in [2.05, 4.69) is 25.4 Å². The van der Waals surface area contributed by atoms with Gasteiger partial charge in [0.1, 0.15) is 28.5 Å². The monoisotopic (exact) mass is 766 g/mol. The van der Waals surface area contributed by atoms with Crippen LogP contribution in [0, 0.1) is 11.2 Å². The Kier molecular flexibility index (Phi) is 11.7. The summed E-state index contributed by atoms with van der Waals surface area (Å²) in [6, 6.07) is 18.6. The normalized spacial score (nSPS) is 17.0. The number of fused-ring (bicyclic) bond motifs is 1. The van der Waals surface area contributed by atoms with Crippen LogP contribution in [0.15, 0.2) is 72.9 Å². The lowest BCUT2D eigenvalue weighted by atomic mass is 10.0. The number of anilines is 3. The van der Waals surface area contributed by atoms with Gasteiger partial charge in [-0.25, -0.2) is 4.39 Å². The number of halogens is 1. The number of hydrogen-bond donors (Lipinski definition) is 3. The van der Waals surface area contributed by atoms with Crippen molar-refractivity contribution in [2.24, 2.45) is 5.41 Å². The van der Waals surface area contributed by atoms with Crippen LogP contribution in [0.2, 0.25) is 0 Å². The Balaban J connectivity index is 0.928. The number of carboxylic acid groups (broad SMARTS) is 1. The molecule has 2 saturated heterocycles. The number of carbonyl (C=O) groups excluding carboxylic acids is 3. The fourth-order valence-corrected chi connectivity index (χ4v) is 7.61. The smallest absolute Gasteiger partial charge is 0.303 e. The third kappa shape index (κ3) is 8.86. The lowest BCUT2D eigenvalue weighted by molar-refractivity contribution is -0.138. The van der Waals surface area contributed by atoms with Gasteiger partial charge in [-0.2, -0.15) is 0 Å². The maximum atomic E-state index is 13.3. The molecular weight excluding hydrogens is 719 g/mol. The number of methoxy groups -OCH3 is 1. The molecule has 3 N–H and O–H groups in total. The van der Waals surface area contributed by atoms with Crippen molar-refractivity contribution in [2.75, 3.05) is 61.9 Å². The Labute approximate surface area is 324 Å². The van der Waals surface area contributed by atoms with Gasteiger partial charge in [-0.15, -0.1) is 0 Å². The Bertz CT molecular complexity index is 2060. The first-order valence-corrected chi connectivity index (χ1v) is 19.2. The van der Waals surface area contributed by atoms with Crippen molar-refractivity contribution in [2.45, 2.75) is 57.4 Å². The lowest BCUT2D eigenvalue weighted by Crippen LogP contribution is -2.54. The summed E-state index contributed by atoms with van der Waals surface area (Å²) in [4.78, 5) is 60.9. The van der Waals surface area contributed by atoms with E-state index in [-0.39, 0.29) is 12.3 Å². The number of piperidine rings is 1. The standard InChI is InChI=1S/C42H47FN6O7/c1-55-37-26-33-34(27-35(37)48-20-15-31(16-21-48)47-22-24-49(25-23-47)38(50)4-2-3-5-39(51)52)44-19-14-36(33)56-32-12-10-30(11-13-32)46-41(54)42(17-18-42)40(53)45-29-8-6-28(43)7-9-29/h6-14,19,26-27,31H,2-5,15-18,20-25H2,1H3,(H,45,53)(H,46,54)(H,51,52). The zero-order valence-electron chi connectivity index (χ0n) is 31.5. The molecule has 294 valence electrons. The second-order valence-corrected chi connectivity index (χ2v) is 14.7. The average molecular weight is 767 g/mol. The number of hydrogen-bond acceptors (Lipinski definition) is 9. The summed E-state index contributed by atoms with van der Waals surface area (Å²) in [5.74, 6) is -0.0524. The summed E-state index contributed by atoms with van der Waals surface area (Å²) < 4.78 is 25.5. The molecule has 4 aromatic rings. The van der Waals surface area contributed by atoms with Crippen molar-refractivity contribution in [1.29, 1.82) is 0 Å². The Morgan fingerprint density at radius 2 is 1.45 bits per heavy atom. The number of pyridine rings is 1. The molecule has 0 radical (unpaired) electrons. The number of aromatic nitrogens is 1. The van der Waals surface area contributed by atoms with Gasteiger partial charge < -0.3 is 35.0 Å². The molecule has 0 spiro atoms. The van der Waals surface area contributed by atoms with E-state index in [9.17, 15) is 23.6 Å². The highest BCUT2D eigenvalue weighted by Gasteiger charge is 2.56. The van der Waals surface area contributed by atoms with Crippen molar-refractivity contribution in [1.82, 2.24) is 14.8 Å². The first-order chi connectivity index (χ1) is 27.1. The van der Waals surface area contributed by atoms with E-state index >= 15 is 0 Å². The van der Waals surface area contributed by atoms with E-state index < -0.39 is 29.0 Å². The number of carbonyl (C=O) groups is 4. The molecule has 3 amide bonds. The van der Waals surface area contributed by atoms with E-state index in [1.54, 1.807) is 43.6 Å². The number of unbranched alkanes of at least 4 members (excludes halogenated alkanes) is 1. The fraction of sp³-hybridized carbons (Fsp3) is 0.405. The lowest BCUT2D eigenvalue weighted by Gasteiger charge is -2.43. The molecule has 0 unspecified atom stereocenters. The maximum absolute atomic E-state index is 13.3. The Morgan fingerprint density at radius 3 is 2.05 bits per heavy atom. The highest BCUT2D eigenvalue weighted by atomic mass is 19.1. The summed E-state index contributed by atoms with van der Waals surface area (Å²) in [5, 5.41) is 15.2. The summed E-state index contributed by atoms with van der Waals surface area (Å²) in [7, 11) is 1.66. The molecule has 7 rings (SSSR count). The fourth-order valence-electron chi connectivity index (χ4n) is 7.61. The van der Waals surface area contributed by atoms with Crippen LogP contribution in [-0.4, -0.2) is 96.0 Å². The van der Waals surface area contributed by atoms with Gasteiger partial charge in [0.15, 0.2) is 0 Å². The number of carboxylic acids is 1. The number of aliphatic carboxylic acids is 1. The molecule has 0 bridgehead atoms. The molecule has 56 heavy (non-hydrogen) atoms. The number of piperazine rings is 1. The third-order valence-electron chi connectivity index (χ3n) is 11.1. The van der Waals surface area contributed by atoms with Gasteiger partial charge in [-0.1, -0.05) is 0 Å². The molecular formula is C42H47FN6O7. The minimum Gasteiger partial charge on any atom is -0.495 e. The molecule has 3 aliphatic rings. The third-order valence-corrected chi connectivity index (χ3v) is 11.1. The van der Waals surface area contributed by atoms with Crippen LogP contribution in [-0.2, 0) is 19.2 Å². The number of amides is 3. The minimum atomic E-state index is -1.17. The summed E-state index contributed by atoms with van der Waals surface area (Å²) in [6.45, 7) is 4.80. The van der Waals surface area contributed by atoms with Crippen LogP contribution >= 0.6 is 0 Å². The number of ether oxygens (including phenoxy) is 2. The highest BCUT2D eigenvalue weighted by Crippen LogP contribution is 2.47. The van der Waals surface area contributed by atoms with Crippen molar-refractivity contribution in [3.8, 4) is 17.2 Å². The average Bonchev–Trinajstić information content (AvgIpc) is 4.04.